The number of nitrogens with one attached hydrogen (secondary N) is 3. The molecule has 0 aliphatic carbocycles. The summed E-state index contributed by atoms with van der Waals surface area (Å²) in [4.78, 5) is 20.7. The largest absolute Gasteiger partial charge is 0.494 e. The Kier molecular flexibility index (Phi) is 9.80. The van der Waals surface area contributed by atoms with Crippen LogP contribution in [0.25, 0.3) is 5.70 Å². The summed E-state index contributed by atoms with van der Waals surface area (Å²) < 4.78 is 5.68. The molecule has 1 heterocycles. The van der Waals surface area contributed by atoms with Gasteiger partial charge in [0.1, 0.15) is 5.82 Å². The molecule has 0 saturated carbocycles. The van der Waals surface area contributed by atoms with E-state index in [0.717, 1.165) is 11.1 Å². The quantitative estimate of drug-likeness (QED) is 0.191. The number of aromatic nitrogens is 1. The zero-order chi connectivity index (χ0) is 26.0. The fraction of sp³-hybridized carbons (Fsp3) is 0.192. The molecule has 1 aromatic carbocycles. The van der Waals surface area contributed by atoms with Crippen molar-refractivity contribution in [3.05, 3.63) is 89.4 Å². The standard InChI is InChI=1S/C26H33N7O2/c1-16(14-29-4)24(28)20-8-7-9-21(25(20)35-6)33-22(18(3)26(34)30-5)12-17(2)32-23-11-10-19(13-27)15-31-23/h7-12,14-15,33H,2-3,13,27-28H2,1,4-6H3,(H,30,34)(H,31,32)/b22-12+,24-16?,29-14?. The molecule has 0 aliphatic heterocycles. The number of ether oxygens (including phenoxy) is 1. The second-order valence-corrected chi connectivity index (χ2v) is 7.52. The number of carbonyl (C=O) groups excluding carboxylic acids is 1. The van der Waals surface area contributed by atoms with E-state index in [2.05, 4.69) is 39.1 Å². The summed E-state index contributed by atoms with van der Waals surface area (Å²) >= 11 is 0. The minimum absolute atomic E-state index is 0.201. The van der Waals surface area contributed by atoms with Crippen molar-refractivity contribution < 1.29 is 9.53 Å². The number of methoxy groups -OCH3 is 1. The molecule has 0 saturated heterocycles. The number of benzene rings is 1. The molecule has 9 nitrogen and oxygen atoms in total. The molecule has 7 N–H and O–H groups in total. The summed E-state index contributed by atoms with van der Waals surface area (Å²) in [5.41, 5.74) is 16.6. The molecule has 0 radical (unpaired) electrons. The van der Waals surface area contributed by atoms with E-state index < -0.39 is 0 Å². The van der Waals surface area contributed by atoms with Crippen molar-refractivity contribution in [2.75, 3.05) is 31.8 Å². The van der Waals surface area contributed by atoms with Crippen LogP contribution in [-0.2, 0) is 11.3 Å². The van der Waals surface area contributed by atoms with Crippen LogP contribution in [0.3, 0.4) is 0 Å². The van der Waals surface area contributed by atoms with Crippen molar-refractivity contribution in [1.29, 1.82) is 0 Å². The highest BCUT2D eigenvalue weighted by Gasteiger charge is 2.17. The van der Waals surface area contributed by atoms with Crippen LogP contribution in [0.5, 0.6) is 5.75 Å². The Hall–Kier alpha value is -4.37. The topological polar surface area (TPSA) is 140 Å². The Bertz CT molecular complexity index is 1180. The molecule has 0 atom stereocenters. The minimum Gasteiger partial charge on any atom is -0.494 e. The summed E-state index contributed by atoms with van der Waals surface area (Å²) in [6.45, 7) is 10.2. The maximum Gasteiger partial charge on any atom is 0.252 e. The third-order valence-corrected chi connectivity index (χ3v) is 5.02. The summed E-state index contributed by atoms with van der Waals surface area (Å²) in [5, 5.41) is 8.93. The van der Waals surface area contributed by atoms with E-state index in [-0.39, 0.29) is 11.5 Å². The molecule has 9 heteroatoms. The second kappa shape index (κ2) is 12.8. The highest BCUT2D eigenvalue weighted by molar-refractivity contribution is 5.98. The molecule has 0 unspecified atom stereocenters. The average Bonchev–Trinajstić information content (AvgIpc) is 2.87. The maximum atomic E-state index is 12.4. The van der Waals surface area contributed by atoms with Crippen molar-refractivity contribution in [3.63, 3.8) is 0 Å². The molecule has 1 aromatic heterocycles. The first-order chi connectivity index (χ1) is 16.7. The third-order valence-electron chi connectivity index (χ3n) is 5.02. The fourth-order valence-electron chi connectivity index (χ4n) is 3.15. The predicted octanol–water partition coefficient (Wildman–Crippen LogP) is 3.16. The van der Waals surface area contributed by atoms with Gasteiger partial charge >= 0.3 is 0 Å². The Balaban J connectivity index is 2.46. The van der Waals surface area contributed by atoms with Gasteiger partial charge in [-0.05, 0) is 42.3 Å². The smallest absolute Gasteiger partial charge is 0.252 e. The van der Waals surface area contributed by atoms with Crippen LogP contribution in [0, 0.1) is 0 Å². The van der Waals surface area contributed by atoms with Gasteiger partial charge in [-0.25, -0.2) is 4.98 Å². The van der Waals surface area contributed by atoms with E-state index in [9.17, 15) is 4.79 Å². The van der Waals surface area contributed by atoms with Crippen molar-refractivity contribution >= 4 is 29.3 Å². The molecule has 0 bridgehead atoms. The number of allylic oxidation sites excluding steroid dienone is 2. The molecule has 2 aromatic rings. The normalized spacial score (nSPS) is 12.1. The van der Waals surface area contributed by atoms with Gasteiger partial charge in [0.2, 0.25) is 0 Å². The van der Waals surface area contributed by atoms with E-state index in [0.29, 0.717) is 46.5 Å². The van der Waals surface area contributed by atoms with Gasteiger partial charge in [-0.3, -0.25) is 9.79 Å². The van der Waals surface area contributed by atoms with Gasteiger partial charge in [0, 0.05) is 50.0 Å². The van der Waals surface area contributed by atoms with Gasteiger partial charge in [-0.1, -0.05) is 25.3 Å². The number of carbonyl (C=O) groups is 1. The lowest BCUT2D eigenvalue weighted by atomic mass is 10.0. The van der Waals surface area contributed by atoms with Crippen LogP contribution < -0.4 is 32.2 Å². The number of rotatable bonds is 11. The van der Waals surface area contributed by atoms with E-state index in [4.69, 9.17) is 16.2 Å². The van der Waals surface area contributed by atoms with Gasteiger partial charge < -0.3 is 32.2 Å². The van der Waals surface area contributed by atoms with Crippen LogP contribution in [0.4, 0.5) is 11.5 Å². The van der Waals surface area contributed by atoms with Gasteiger partial charge in [-0.15, -0.1) is 0 Å². The van der Waals surface area contributed by atoms with Gasteiger partial charge in [0.15, 0.2) is 5.75 Å². The fourth-order valence-corrected chi connectivity index (χ4v) is 3.15. The Morgan fingerprint density at radius 2 is 1.97 bits per heavy atom. The van der Waals surface area contributed by atoms with E-state index in [1.54, 1.807) is 38.7 Å². The Labute approximate surface area is 206 Å². The zero-order valence-corrected chi connectivity index (χ0v) is 20.6. The van der Waals surface area contributed by atoms with Crippen molar-refractivity contribution in [3.8, 4) is 5.75 Å². The highest BCUT2D eigenvalue weighted by atomic mass is 16.5. The number of nitrogens with zero attached hydrogens (tertiary/aromatic N) is 2. The summed E-state index contributed by atoms with van der Waals surface area (Å²) in [6.07, 6.45) is 5.02. The summed E-state index contributed by atoms with van der Waals surface area (Å²) in [5.74, 6) is 0.729. The average molecular weight is 476 g/mol. The summed E-state index contributed by atoms with van der Waals surface area (Å²) in [7, 11) is 4.76. The number of nitrogens with two attached hydrogens (primary N) is 2. The molecule has 184 valence electrons. The number of pyridine rings is 1. The van der Waals surface area contributed by atoms with Crippen molar-refractivity contribution in [1.82, 2.24) is 10.3 Å². The minimum atomic E-state index is -0.355. The number of aliphatic imine (C=N–C) groups is 1. The molecule has 1 amide bonds. The Morgan fingerprint density at radius 3 is 2.54 bits per heavy atom. The lowest BCUT2D eigenvalue weighted by Crippen LogP contribution is -2.23. The van der Waals surface area contributed by atoms with E-state index in [1.165, 1.54) is 7.05 Å². The third kappa shape index (κ3) is 7.05. The Morgan fingerprint density at radius 1 is 1.23 bits per heavy atom. The molecule has 0 aliphatic rings. The monoisotopic (exact) mass is 475 g/mol. The number of hydrogen-bond acceptors (Lipinski definition) is 8. The summed E-state index contributed by atoms with van der Waals surface area (Å²) in [6, 6.07) is 9.16. The molecular formula is C26H33N7O2. The second-order valence-electron chi connectivity index (χ2n) is 7.52. The first-order valence-electron chi connectivity index (χ1n) is 10.8. The van der Waals surface area contributed by atoms with Gasteiger partial charge in [-0.2, -0.15) is 0 Å². The lowest BCUT2D eigenvalue weighted by molar-refractivity contribution is -0.116. The number of hydrogen-bond donors (Lipinski definition) is 5. The molecule has 0 fully saturated rings. The van der Waals surface area contributed by atoms with Crippen LogP contribution in [0.1, 0.15) is 18.1 Å². The first-order valence-corrected chi connectivity index (χ1v) is 10.8. The predicted molar refractivity (Wildman–Crippen MR) is 144 cm³/mol. The van der Waals surface area contributed by atoms with Crippen LogP contribution in [-0.4, -0.2) is 38.3 Å². The van der Waals surface area contributed by atoms with Gasteiger partial charge in [0.05, 0.1) is 24.1 Å². The highest BCUT2D eigenvalue weighted by Crippen LogP contribution is 2.34. The van der Waals surface area contributed by atoms with Crippen LogP contribution in [0.15, 0.2) is 83.3 Å². The zero-order valence-electron chi connectivity index (χ0n) is 20.6. The molecular weight excluding hydrogens is 442 g/mol. The number of likely N-dealkylation sites (N-methyl/N-ethyl adjacent to an activating group) is 1. The SMILES string of the molecule is C=C(/C=C(/Nc1cccc(C(N)=C(C)C=NC)c1OC)C(=C)C(=O)NC)Nc1ccc(CN)cn1. The molecule has 0 spiro atoms. The van der Waals surface area contributed by atoms with E-state index in [1.807, 2.05) is 31.2 Å². The van der Waals surface area contributed by atoms with E-state index >= 15 is 0 Å². The first kappa shape index (κ1) is 26.9. The number of amides is 1. The van der Waals surface area contributed by atoms with Crippen molar-refractivity contribution in [2.45, 2.75) is 13.5 Å². The molecule has 2 rings (SSSR count). The maximum absolute atomic E-state index is 12.4. The number of anilines is 2. The number of para-hydroxylation sites is 1. The van der Waals surface area contributed by atoms with Gasteiger partial charge in [0.25, 0.3) is 5.91 Å². The van der Waals surface area contributed by atoms with Crippen LogP contribution >= 0.6 is 0 Å². The lowest BCUT2D eigenvalue weighted by Gasteiger charge is -2.19. The van der Waals surface area contributed by atoms with Crippen LogP contribution in [0.2, 0.25) is 0 Å². The molecule has 35 heavy (non-hydrogen) atoms. The van der Waals surface area contributed by atoms with Crippen molar-refractivity contribution in [2.24, 2.45) is 16.5 Å².